The predicted molar refractivity (Wildman–Crippen MR) is 91.9 cm³/mol. The molecule has 0 fully saturated rings. The molecule has 0 saturated carbocycles. The first-order chi connectivity index (χ1) is 10.7. The van der Waals surface area contributed by atoms with Crippen molar-refractivity contribution in [1.82, 2.24) is 0 Å². The lowest BCUT2D eigenvalue weighted by Gasteiger charge is -2.15. The summed E-state index contributed by atoms with van der Waals surface area (Å²) in [6, 6.07) is 14.2. The summed E-state index contributed by atoms with van der Waals surface area (Å²) in [5, 5.41) is 2.31. The minimum atomic E-state index is -0.119. The molecule has 0 aliphatic heterocycles. The van der Waals surface area contributed by atoms with Gasteiger partial charge in [-0.1, -0.05) is 75.6 Å². The van der Waals surface area contributed by atoms with Gasteiger partial charge in [0.25, 0.3) is 0 Å². The zero-order chi connectivity index (χ0) is 15.8. The molecule has 2 heteroatoms. The van der Waals surface area contributed by atoms with Crippen LogP contribution in [0.25, 0.3) is 10.8 Å². The van der Waals surface area contributed by atoms with Gasteiger partial charge in [-0.25, -0.2) is 0 Å². The Morgan fingerprint density at radius 2 is 1.86 bits per heavy atom. The zero-order valence-corrected chi connectivity index (χ0v) is 13.7. The third-order valence-electron chi connectivity index (χ3n) is 4.24. The number of carbonyl (C=O) groups is 1. The van der Waals surface area contributed by atoms with Crippen LogP contribution in [0, 0.1) is 5.92 Å². The number of benzene rings is 2. The fourth-order valence-electron chi connectivity index (χ4n) is 2.76. The summed E-state index contributed by atoms with van der Waals surface area (Å²) in [6.45, 7) is 4.91. The van der Waals surface area contributed by atoms with E-state index in [4.69, 9.17) is 4.74 Å². The van der Waals surface area contributed by atoms with E-state index in [0.29, 0.717) is 18.9 Å². The lowest BCUT2D eigenvalue weighted by Crippen LogP contribution is -2.15. The van der Waals surface area contributed by atoms with Gasteiger partial charge in [0.2, 0.25) is 0 Å². The average molecular weight is 298 g/mol. The maximum absolute atomic E-state index is 12.1. The van der Waals surface area contributed by atoms with Gasteiger partial charge >= 0.3 is 5.97 Å². The Kier molecular flexibility index (Phi) is 6.45. The molecule has 22 heavy (non-hydrogen) atoms. The molecule has 0 spiro atoms. The first-order valence-electron chi connectivity index (χ1n) is 8.36. The van der Waals surface area contributed by atoms with E-state index in [-0.39, 0.29) is 5.97 Å². The second-order valence-corrected chi connectivity index (χ2v) is 5.91. The molecule has 0 N–H and O–H groups in total. The highest BCUT2D eigenvalue weighted by molar-refractivity contribution is 5.88. The molecule has 0 radical (unpaired) electrons. The summed E-state index contributed by atoms with van der Waals surface area (Å²) in [7, 11) is 0. The third-order valence-corrected chi connectivity index (χ3v) is 4.24. The van der Waals surface area contributed by atoms with Crippen molar-refractivity contribution < 1.29 is 9.53 Å². The second kappa shape index (κ2) is 8.57. The minimum Gasteiger partial charge on any atom is -0.465 e. The van der Waals surface area contributed by atoms with E-state index in [0.717, 1.165) is 23.8 Å². The molecule has 0 aromatic heterocycles. The van der Waals surface area contributed by atoms with Crippen LogP contribution in [0.15, 0.2) is 42.5 Å². The standard InChI is InChI=1S/C20H26O2/c1-3-5-9-16(4-2)15-22-20(21)14-18-12-8-11-17-10-6-7-13-19(17)18/h6-8,10-13,16H,3-5,9,14-15H2,1-2H3. The first kappa shape index (κ1) is 16.5. The Morgan fingerprint density at radius 1 is 1.09 bits per heavy atom. The maximum atomic E-state index is 12.1. The number of rotatable bonds is 8. The number of carbonyl (C=O) groups excluding carboxylic acids is 1. The van der Waals surface area contributed by atoms with Gasteiger partial charge in [0.1, 0.15) is 0 Å². The van der Waals surface area contributed by atoms with Gasteiger partial charge < -0.3 is 4.74 Å². The summed E-state index contributed by atoms with van der Waals surface area (Å²) in [5.74, 6) is 0.378. The van der Waals surface area contributed by atoms with E-state index < -0.39 is 0 Å². The molecule has 0 aliphatic carbocycles. The average Bonchev–Trinajstić information content (AvgIpc) is 2.55. The highest BCUT2D eigenvalue weighted by Gasteiger charge is 2.12. The van der Waals surface area contributed by atoms with Crippen LogP contribution in [0.3, 0.4) is 0 Å². The van der Waals surface area contributed by atoms with E-state index >= 15 is 0 Å². The van der Waals surface area contributed by atoms with Crippen LogP contribution in [0.2, 0.25) is 0 Å². The maximum Gasteiger partial charge on any atom is 0.310 e. The Bertz CT molecular complexity index is 598. The van der Waals surface area contributed by atoms with Gasteiger partial charge in [-0.3, -0.25) is 4.79 Å². The molecule has 0 aliphatic rings. The number of unbranched alkanes of at least 4 members (excludes halogenated alkanes) is 1. The Morgan fingerprint density at radius 3 is 2.64 bits per heavy atom. The summed E-state index contributed by atoms with van der Waals surface area (Å²) >= 11 is 0. The lowest BCUT2D eigenvalue weighted by atomic mass is 10.0. The quantitative estimate of drug-likeness (QED) is 0.631. The highest BCUT2D eigenvalue weighted by atomic mass is 16.5. The van der Waals surface area contributed by atoms with E-state index in [1.54, 1.807) is 0 Å². The number of ether oxygens (including phenoxy) is 1. The molecule has 1 unspecified atom stereocenters. The second-order valence-electron chi connectivity index (χ2n) is 5.91. The van der Waals surface area contributed by atoms with E-state index in [2.05, 4.69) is 32.0 Å². The van der Waals surface area contributed by atoms with E-state index in [9.17, 15) is 4.79 Å². The van der Waals surface area contributed by atoms with Crippen LogP contribution in [0.4, 0.5) is 0 Å². The molecule has 2 rings (SSSR count). The molecule has 0 bridgehead atoms. The minimum absolute atomic E-state index is 0.119. The molecule has 0 heterocycles. The van der Waals surface area contributed by atoms with Crippen molar-refractivity contribution in [1.29, 1.82) is 0 Å². The van der Waals surface area contributed by atoms with Gasteiger partial charge in [-0.15, -0.1) is 0 Å². The van der Waals surface area contributed by atoms with Crippen LogP contribution in [-0.2, 0) is 16.0 Å². The van der Waals surface area contributed by atoms with Crippen LogP contribution in [0.5, 0.6) is 0 Å². The van der Waals surface area contributed by atoms with Crippen molar-refractivity contribution in [2.75, 3.05) is 6.61 Å². The van der Waals surface area contributed by atoms with Crippen molar-refractivity contribution in [3.63, 3.8) is 0 Å². The molecule has 118 valence electrons. The van der Waals surface area contributed by atoms with E-state index in [1.165, 1.54) is 18.2 Å². The van der Waals surface area contributed by atoms with Crippen molar-refractivity contribution >= 4 is 16.7 Å². The van der Waals surface area contributed by atoms with Gasteiger partial charge in [0, 0.05) is 0 Å². The van der Waals surface area contributed by atoms with Gasteiger partial charge in [0.05, 0.1) is 13.0 Å². The number of hydrogen-bond acceptors (Lipinski definition) is 2. The van der Waals surface area contributed by atoms with Gasteiger partial charge in [0.15, 0.2) is 0 Å². The molecule has 2 aromatic rings. The van der Waals surface area contributed by atoms with Crippen molar-refractivity contribution in [3.05, 3.63) is 48.0 Å². The van der Waals surface area contributed by atoms with Crippen molar-refractivity contribution in [2.24, 2.45) is 5.92 Å². The zero-order valence-electron chi connectivity index (χ0n) is 13.7. The van der Waals surface area contributed by atoms with Gasteiger partial charge in [-0.05, 0) is 28.7 Å². The van der Waals surface area contributed by atoms with Crippen LogP contribution >= 0.6 is 0 Å². The summed E-state index contributed by atoms with van der Waals surface area (Å²) in [5.41, 5.74) is 1.05. The topological polar surface area (TPSA) is 26.3 Å². The monoisotopic (exact) mass is 298 g/mol. The van der Waals surface area contributed by atoms with Crippen LogP contribution < -0.4 is 0 Å². The van der Waals surface area contributed by atoms with Crippen molar-refractivity contribution in [3.8, 4) is 0 Å². The molecule has 0 saturated heterocycles. The SMILES string of the molecule is CCCCC(CC)COC(=O)Cc1cccc2ccccc12. The predicted octanol–water partition coefficient (Wildman–Crippen LogP) is 5.14. The highest BCUT2D eigenvalue weighted by Crippen LogP contribution is 2.19. The fraction of sp³-hybridized carbons (Fsp3) is 0.450. The van der Waals surface area contributed by atoms with Gasteiger partial charge in [-0.2, -0.15) is 0 Å². The van der Waals surface area contributed by atoms with Crippen molar-refractivity contribution in [2.45, 2.75) is 46.0 Å². The Labute approximate surface area is 133 Å². The lowest BCUT2D eigenvalue weighted by molar-refractivity contribution is -0.144. The number of hydrogen-bond donors (Lipinski definition) is 0. The molecule has 1 atom stereocenters. The summed E-state index contributed by atoms with van der Waals surface area (Å²) in [4.78, 5) is 12.1. The molecular weight excluding hydrogens is 272 g/mol. The third kappa shape index (κ3) is 4.59. The van der Waals surface area contributed by atoms with Crippen LogP contribution in [-0.4, -0.2) is 12.6 Å². The smallest absolute Gasteiger partial charge is 0.310 e. The summed E-state index contributed by atoms with van der Waals surface area (Å²) < 4.78 is 5.51. The molecular formula is C20H26O2. The normalized spacial score (nSPS) is 12.3. The molecule has 0 amide bonds. The summed E-state index contributed by atoms with van der Waals surface area (Å²) in [6.07, 6.45) is 4.97. The number of fused-ring (bicyclic) bond motifs is 1. The van der Waals surface area contributed by atoms with Crippen LogP contribution in [0.1, 0.15) is 45.1 Å². The molecule has 2 nitrogen and oxygen atoms in total. The first-order valence-corrected chi connectivity index (χ1v) is 8.36. The Hall–Kier alpha value is -1.83. The number of esters is 1. The largest absolute Gasteiger partial charge is 0.465 e. The van der Waals surface area contributed by atoms with E-state index in [1.807, 2.05) is 24.3 Å². The molecule has 2 aromatic carbocycles. The fourth-order valence-corrected chi connectivity index (χ4v) is 2.76. The Balaban J connectivity index is 1.93.